The van der Waals surface area contributed by atoms with Crippen molar-refractivity contribution in [1.82, 2.24) is 9.88 Å². The molecule has 7 heteroatoms. The Hall–Kier alpha value is -2.57. The van der Waals surface area contributed by atoms with E-state index >= 15 is 4.39 Å². The Morgan fingerprint density at radius 2 is 1.94 bits per heavy atom. The van der Waals surface area contributed by atoms with Gasteiger partial charge in [-0.3, -0.25) is 4.98 Å². The maximum absolute atomic E-state index is 15.1. The molecule has 1 aromatic heterocycles. The molecule has 1 N–H and O–H groups in total. The minimum Gasteiger partial charge on any atom is -0.503 e. The molecule has 0 spiro atoms. The predicted octanol–water partition coefficient (Wildman–Crippen LogP) is 5.58. The van der Waals surface area contributed by atoms with Crippen molar-refractivity contribution in [3.63, 3.8) is 0 Å². The van der Waals surface area contributed by atoms with Gasteiger partial charge < -0.3 is 19.6 Å². The van der Waals surface area contributed by atoms with Crippen LogP contribution < -0.4 is 9.64 Å². The zero-order valence-corrected chi connectivity index (χ0v) is 19.7. The van der Waals surface area contributed by atoms with Gasteiger partial charge in [0.1, 0.15) is 5.82 Å². The number of phenolic OH excluding ortho intramolecular Hbond substituents is 1. The first-order valence-electron chi connectivity index (χ1n) is 10.9. The van der Waals surface area contributed by atoms with Gasteiger partial charge in [0, 0.05) is 48.0 Å². The SMILES string of the molecule is COc1cc(-c2cc3c(N4CCC(C(C)N(C)C)CC4)ccnc3cc2F)cc(Cl)c1O. The van der Waals surface area contributed by atoms with Crippen LogP contribution in [0.15, 0.2) is 36.5 Å². The summed E-state index contributed by atoms with van der Waals surface area (Å²) in [5, 5.41) is 11.1. The summed E-state index contributed by atoms with van der Waals surface area (Å²) in [6.07, 6.45) is 3.97. The van der Waals surface area contributed by atoms with E-state index in [9.17, 15) is 5.11 Å². The highest BCUT2D eigenvalue weighted by Crippen LogP contribution is 2.41. The van der Waals surface area contributed by atoms with E-state index in [0.717, 1.165) is 37.0 Å². The molecule has 1 fully saturated rings. The van der Waals surface area contributed by atoms with E-state index in [2.05, 4.69) is 35.8 Å². The number of nitrogens with zero attached hydrogens (tertiary/aromatic N) is 3. The first-order chi connectivity index (χ1) is 15.3. The van der Waals surface area contributed by atoms with E-state index in [-0.39, 0.29) is 16.5 Å². The van der Waals surface area contributed by atoms with Gasteiger partial charge in [0.2, 0.25) is 0 Å². The summed E-state index contributed by atoms with van der Waals surface area (Å²) in [5.74, 6) is 0.310. The molecule has 1 aliphatic rings. The summed E-state index contributed by atoms with van der Waals surface area (Å²) in [7, 11) is 5.71. The van der Waals surface area contributed by atoms with Crippen molar-refractivity contribution >= 4 is 28.2 Å². The van der Waals surface area contributed by atoms with Crippen molar-refractivity contribution in [3.05, 3.63) is 47.4 Å². The summed E-state index contributed by atoms with van der Waals surface area (Å²) in [4.78, 5) is 9.06. The molecule has 1 aliphatic heterocycles. The van der Waals surface area contributed by atoms with Crippen molar-refractivity contribution in [2.45, 2.75) is 25.8 Å². The lowest BCUT2D eigenvalue weighted by atomic mass is 9.89. The summed E-state index contributed by atoms with van der Waals surface area (Å²) < 4.78 is 20.3. The molecule has 5 nitrogen and oxygen atoms in total. The Morgan fingerprint density at radius 3 is 2.59 bits per heavy atom. The second-order valence-corrected chi connectivity index (χ2v) is 9.12. The highest BCUT2D eigenvalue weighted by atomic mass is 35.5. The molecule has 3 aromatic rings. The van der Waals surface area contributed by atoms with Gasteiger partial charge in [0.25, 0.3) is 0 Å². The summed E-state index contributed by atoms with van der Waals surface area (Å²) in [6.45, 7) is 4.19. The van der Waals surface area contributed by atoms with Crippen LogP contribution in [-0.2, 0) is 0 Å². The number of halogens is 2. The molecule has 0 aliphatic carbocycles. The second kappa shape index (κ2) is 9.12. The number of hydrogen-bond donors (Lipinski definition) is 1. The highest BCUT2D eigenvalue weighted by molar-refractivity contribution is 6.32. The number of anilines is 1. The van der Waals surface area contributed by atoms with Gasteiger partial charge in [0.15, 0.2) is 11.5 Å². The number of benzene rings is 2. The second-order valence-electron chi connectivity index (χ2n) is 8.72. The highest BCUT2D eigenvalue weighted by Gasteiger charge is 2.26. The number of hydrogen-bond acceptors (Lipinski definition) is 5. The first kappa shape index (κ1) is 22.6. The molecule has 0 saturated carbocycles. The Bertz CT molecular complexity index is 1130. The van der Waals surface area contributed by atoms with Crippen molar-refractivity contribution in [2.75, 3.05) is 39.2 Å². The van der Waals surface area contributed by atoms with E-state index in [0.29, 0.717) is 28.6 Å². The van der Waals surface area contributed by atoms with E-state index in [4.69, 9.17) is 16.3 Å². The average Bonchev–Trinajstić information content (AvgIpc) is 2.79. The lowest BCUT2D eigenvalue weighted by Crippen LogP contribution is -2.41. The Labute approximate surface area is 193 Å². The van der Waals surface area contributed by atoms with Crippen LogP contribution in [0.1, 0.15) is 19.8 Å². The third-order valence-corrected chi connectivity index (χ3v) is 7.03. The molecule has 1 saturated heterocycles. The summed E-state index contributed by atoms with van der Waals surface area (Å²) in [6, 6.07) is 8.97. The maximum Gasteiger partial charge on any atom is 0.176 e. The predicted molar refractivity (Wildman–Crippen MR) is 128 cm³/mol. The quantitative estimate of drug-likeness (QED) is 0.542. The summed E-state index contributed by atoms with van der Waals surface area (Å²) in [5.41, 5.74) is 2.61. The van der Waals surface area contributed by atoms with Crippen LogP contribution in [-0.4, -0.2) is 55.3 Å². The van der Waals surface area contributed by atoms with E-state index in [1.807, 2.05) is 12.1 Å². The van der Waals surface area contributed by atoms with Crippen molar-refractivity contribution in [2.24, 2.45) is 5.92 Å². The van der Waals surface area contributed by atoms with Crippen LogP contribution in [0, 0.1) is 11.7 Å². The molecule has 1 unspecified atom stereocenters. The number of pyridine rings is 1. The number of aromatic nitrogens is 1. The largest absolute Gasteiger partial charge is 0.503 e. The van der Waals surface area contributed by atoms with Crippen molar-refractivity contribution in [1.29, 1.82) is 0 Å². The smallest absolute Gasteiger partial charge is 0.176 e. The molecule has 1 atom stereocenters. The van der Waals surface area contributed by atoms with Crippen LogP contribution in [0.4, 0.5) is 10.1 Å². The zero-order valence-electron chi connectivity index (χ0n) is 18.9. The van der Waals surface area contributed by atoms with E-state index in [1.165, 1.54) is 13.2 Å². The minimum atomic E-state index is -0.399. The molecular weight excluding hydrogens is 429 g/mol. The molecule has 0 radical (unpaired) electrons. The van der Waals surface area contributed by atoms with E-state index in [1.54, 1.807) is 18.3 Å². The standard InChI is InChI=1S/C25H29ClFN3O2/c1-15(29(2)3)16-6-9-30(10-7-16)23-5-8-28-22-14-21(27)18(13-19(22)23)17-11-20(26)25(31)24(12-17)32-4/h5,8,11-16,31H,6-7,9-10H2,1-4H3. The fourth-order valence-corrected chi connectivity index (χ4v) is 4.79. The van der Waals surface area contributed by atoms with Gasteiger partial charge in [-0.1, -0.05) is 11.6 Å². The normalized spacial score (nSPS) is 16.0. The Kier molecular flexibility index (Phi) is 6.45. The number of piperidine rings is 1. The Morgan fingerprint density at radius 1 is 1.22 bits per heavy atom. The van der Waals surface area contributed by atoms with Crippen molar-refractivity contribution < 1.29 is 14.2 Å². The van der Waals surface area contributed by atoms with Crippen LogP contribution in [0.2, 0.25) is 5.02 Å². The molecule has 170 valence electrons. The van der Waals surface area contributed by atoms with Crippen molar-refractivity contribution in [3.8, 4) is 22.6 Å². The molecule has 2 heterocycles. The Balaban J connectivity index is 1.72. The lowest BCUT2D eigenvalue weighted by molar-refractivity contribution is 0.199. The van der Waals surface area contributed by atoms with Crippen LogP contribution in [0.5, 0.6) is 11.5 Å². The lowest BCUT2D eigenvalue weighted by Gasteiger charge is -2.38. The number of methoxy groups -OCH3 is 1. The third-order valence-electron chi connectivity index (χ3n) is 6.74. The zero-order chi connectivity index (χ0) is 23.0. The summed E-state index contributed by atoms with van der Waals surface area (Å²) >= 11 is 6.16. The van der Waals surface area contributed by atoms with Gasteiger partial charge in [-0.15, -0.1) is 0 Å². The number of fused-ring (bicyclic) bond motifs is 1. The van der Waals surface area contributed by atoms with Gasteiger partial charge in [-0.2, -0.15) is 0 Å². The number of rotatable bonds is 5. The molecular formula is C25H29ClFN3O2. The van der Waals surface area contributed by atoms with E-state index < -0.39 is 5.82 Å². The molecule has 0 amide bonds. The molecule has 32 heavy (non-hydrogen) atoms. The first-order valence-corrected chi connectivity index (χ1v) is 11.2. The van der Waals surface area contributed by atoms with Crippen LogP contribution in [0.3, 0.4) is 0 Å². The molecule has 0 bridgehead atoms. The number of ether oxygens (including phenoxy) is 1. The van der Waals surface area contributed by atoms with Crippen LogP contribution in [0.25, 0.3) is 22.0 Å². The van der Waals surface area contributed by atoms with Gasteiger partial charge in [-0.25, -0.2) is 4.39 Å². The fourth-order valence-electron chi connectivity index (χ4n) is 4.58. The number of phenols is 1. The monoisotopic (exact) mass is 457 g/mol. The van der Waals surface area contributed by atoms with Crippen LogP contribution >= 0.6 is 11.6 Å². The van der Waals surface area contributed by atoms with Gasteiger partial charge in [0.05, 0.1) is 17.6 Å². The molecule has 4 rings (SSSR count). The topological polar surface area (TPSA) is 48.8 Å². The third kappa shape index (κ3) is 4.21. The van der Waals surface area contributed by atoms with Gasteiger partial charge >= 0.3 is 0 Å². The maximum atomic E-state index is 15.1. The number of aromatic hydroxyl groups is 1. The minimum absolute atomic E-state index is 0.113. The average molecular weight is 458 g/mol. The molecule has 2 aromatic carbocycles. The fraction of sp³-hybridized carbons (Fsp3) is 0.400. The van der Waals surface area contributed by atoms with Gasteiger partial charge in [-0.05, 0) is 69.6 Å².